The third-order valence-corrected chi connectivity index (χ3v) is 3.51. The van der Waals surface area contributed by atoms with Gasteiger partial charge in [0, 0.05) is 5.56 Å². The lowest BCUT2D eigenvalue weighted by Gasteiger charge is -2.05. The molecule has 6 nitrogen and oxygen atoms in total. The van der Waals surface area contributed by atoms with Crippen LogP contribution in [0.4, 0.5) is 8.78 Å². The molecule has 1 aromatic carbocycles. The van der Waals surface area contributed by atoms with Crippen molar-refractivity contribution < 1.29 is 8.78 Å². The predicted molar refractivity (Wildman–Crippen MR) is 82.6 cm³/mol. The van der Waals surface area contributed by atoms with E-state index in [4.69, 9.17) is 11.6 Å². The van der Waals surface area contributed by atoms with Gasteiger partial charge in [-0.1, -0.05) is 18.2 Å². The van der Waals surface area contributed by atoms with Crippen LogP contribution in [-0.2, 0) is 6.54 Å². The van der Waals surface area contributed by atoms with Gasteiger partial charge in [0.1, 0.15) is 17.3 Å². The minimum atomic E-state index is -0.492. The van der Waals surface area contributed by atoms with Gasteiger partial charge in [0.2, 0.25) is 0 Å². The van der Waals surface area contributed by atoms with Gasteiger partial charge < -0.3 is 11.6 Å². The number of nitrogens with two attached hydrogens (primary N) is 2. The third-order valence-electron chi connectivity index (χ3n) is 3.51. The number of pyridine rings is 1. The maximum Gasteiger partial charge on any atom is 0.171 e. The molecule has 2 heterocycles. The van der Waals surface area contributed by atoms with Crippen molar-refractivity contribution in [3.63, 3.8) is 0 Å². The molecule has 23 heavy (non-hydrogen) atoms. The molecule has 0 amide bonds. The van der Waals surface area contributed by atoms with Crippen LogP contribution in [0.25, 0.3) is 11.0 Å². The lowest BCUT2D eigenvalue weighted by molar-refractivity contribution is 0.587. The fourth-order valence-electron chi connectivity index (χ4n) is 2.31. The molecule has 0 aliphatic carbocycles. The van der Waals surface area contributed by atoms with E-state index in [1.165, 1.54) is 23.7 Å². The number of fused-ring (bicyclic) bond motifs is 1. The Bertz CT molecular complexity index is 916. The normalized spacial score (nSPS) is 12.0. The highest BCUT2D eigenvalue weighted by Crippen LogP contribution is 2.21. The maximum atomic E-state index is 13.9. The number of halogens is 2. The van der Waals surface area contributed by atoms with Crippen LogP contribution in [-0.4, -0.2) is 20.6 Å². The Morgan fingerprint density at radius 2 is 2.00 bits per heavy atom. The van der Waals surface area contributed by atoms with Crippen LogP contribution in [0.1, 0.15) is 17.0 Å². The molecular formula is C15H14F2N6. The molecule has 0 bridgehead atoms. The lowest BCUT2D eigenvalue weighted by atomic mass is 10.2. The van der Waals surface area contributed by atoms with Crippen molar-refractivity contribution in [3.8, 4) is 0 Å². The Kier molecular flexibility index (Phi) is 3.65. The molecule has 0 radical (unpaired) electrons. The summed E-state index contributed by atoms with van der Waals surface area (Å²) in [4.78, 5) is 4.19. The van der Waals surface area contributed by atoms with E-state index < -0.39 is 5.82 Å². The van der Waals surface area contributed by atoms with E-state index in [9.17, 15) is 8.78 Å². The first-order chi connectivity index (χ1) is 11.0. The number of hydrogen-bond donors (Lipinski definition) is 2. The van der Waals surface area contributed by atoms with Gasteiger partial charge in [-0.05, 0) is 19.1 Å². The van der Waals surface area contributed by atoms with E-state index in [-0.39, 0.29) is 29.6 Å². The molecular weight excluding hydrogens is 302 g/mol. The molecule has 0 fully saturated rings. The van der Waals surface area contributed by atoms with Gasteiger partial charge in [0.25, 0.3) is 0 Å². The molecule has 0 aliphatic heterocycles. The van der Waals surface area contributed by atoms with Crippen LogP contribution in [0.5, 0.6) is 0 Å². The van der Waals surface area contributed by atoms with E-state index in [1.54, 1.807) is 18.2 Å². The second kappa shape index (κ2) is 5.64. The molecule has 0 atom stereocenters. The number of rotatable bonds is 3. The third kappa shape index (κ3) is 2.59. The zero-order valence-electron chi connectivity index (χ0n) is 12.3. The highest BCUT2D eigenvalue weighted by atomic mass is 19.1. The highest BCUT2D eigenvalue weighted by Gasteiger charge is 2.18. The highest BCUT2D eigenvalue weighted by molar-refractivity contribution is 6.06. The summed E-state index contributed by atoms with van der Waals surface area (Å²) in [5.74, 6) is 4.28. The summed E-state index contributed by atoms with van der Waals surface area (Å²) in [7, 11) is 0. The Morgan fingerprint density at radius 3 is 2.70 bits per heavy atom. The first kappa shape index (κ1) is 14.9. The average Bonchev–Trinajstić information content (AvgIpc) is 2.87. The van der Waals surface area contributed by atoms with E-state index in [0.29, 0.717) is 16.6 Å². The summed E-state index contributed by atoms with van der Waals surface area (Å²) in [6.45, 7) is 1.66. The molecule has 0 saturated heterocycles. The fraction of sp³-hybridized carbons (Fsp3) is 0.133. The molecule has 3 rings (SSSR count). The smallest absolute Gasteiger partial charge is 0.171 e. The number of amidine groups is 1. The monoisotopic (exact) mass is 316 g/mol. The zero-order chi connectivity index (χ0) is 16.6. The van der Waals surface area contributed by atoms with Gasteiger partial charge in [-0.3, -0.25) is 0 Å². The van der Waals surface area contributed by atoms with E-state index in [1.807, 2.05) is 0 Å². The topological polar surface area (TPSA) is 95.1 Å². The van der Waals surface area contributed by atoms with Crippen LogP contribution >= 0.6 is 0 Å². The standard InChI is InChI=1S/C15H14F2N6/c1-8-12(17)6-10-13(14(18)21-19)22-23(15(10)20-8)7-9-4-2-3-5-11(9)16/h2-6H,7,19H2,1H3,(H2,18,21). The second-order valence-corrected chi connectivity index (χ2v) is 5.04. The molecule has 8 heteroatoms. The Labute approximate surface area is 130 Å². The van der Waals surface area contributed by atoms with Crippen LogP contribution in [0.15, 0.2) is 35.4 Å². The molecule has 0 aliphatic rings. The predicted octanol–water partition coefficient (Wildman–Crippen LogP) is 1.65. The fourth-order valence-corrected chi connectivity index (χ4v) is 2.31. The minimum absolute atomic E-state index is 0.0488. The van der Waals surface area contributed by atoms with Gasteiger partial charge in [0.05, 0.1) is 17.6 Å². The number of aromatic nitrogens is 3. The van der Waals surface area contributed by atoms with Crippen molar-refractivity contribution in [3.05, 3.63) is 58.9 Å². The van der Waals surface area contributed by atoms with Crippen molar-refractivity contribution >= 4 is 16.9 Å². The van der Waals surface area contributed by atoms with Crippen LogP contribution in [0.3, 0.4) is 0 Å². The lowest BCUT2D eigenvalue weighted by Crippen LogP contribution is -2.17. The summed E-state index contributed by atoms with van der Waals surface area (Å²) in [6, 6.07) is 7.59. The van der Waals surface area contributed by atoms with E-state index >= 15 is 0 Å². The van der Waals surface area contributed by atoms with Crippen LogP contribution in [0.2, 0.25) is 0 Å². The zero-order valence-corrected chi connectivity index (χ0v) is 12.3. The molecule has 0 spiro atoms. The van der Waals surface area contributed by atoms with Crippen molar-refractivity contribution in [1.82, 2.24) is 14.8 Å². The molecule has 118 valence electrons. The summed E-state index contributed by atoms with van der Waals surface area (Å²) in [5.41, 5.74) is 6.94. The maximum absolute atomic E-state index is 13.9. The van der Waals surface area contributed by atoms with Crippen molar-refractivity contribution in [2.75, 3.05) is 0 Å². The number of hydrazone groups is 1. The summed E-state index contributed by atoms with van der Waals surface area (Å²) in [5, 5.41) is 8.03. The van der Waals surface area contributed by atoms with Gasteiger partial charge in [0.15, 0.2) is 11.5 Å². The average molecular weight is 316 g/mol. The molecule has 3 aromatic rings. The molecule has 0 unspecified atom stereocenters. The number of aryl methyl sites for hydroxylation is 1. The van der Waals surface area contributed by atoms with Crippen molar-refractivity contribution in [2.45, 2.75) is 13.5 Å². The summed E-state index contributed by atoms with van der Waals surface area (Å²) in [6.07, 6.45) is 0. The first-order valence-corrected chi connectivity index (χ1v) is 6.82. The van der Waals surface area contributed by atoms with E-state index in [2.05, 4.69) is 15.2 Å². The second-order valence-electron chi connectivity index (χ2n) is 5.04. The van der Waals surface area contributed by atoms with Crippen molar-refractivity contribution in [1.29, 1.82) is 0 Å². The quantitative estimate of drug-likeness (QED) is 0.332. The summed E-state index contributed by atoms with van der Waals surface area (Å²) < 4.78 is 29.1. The SMILES string of the molecule is Cc1nc2c(cc1F)c(/C(N)=N\N)nn2Cc1ccccc1F. The van der Waals surface area contributed by atoms with Crippen LogP contribution < -0.4 is 11.6 Å². The van der Waals surface area contributed by atoms with Crippen molar-refractivity contribution in [2.24, 2.45) is 16.7 Å². The molecule has 2 aromatic heterocycles. The van der Waals surface area contributed by atoms with Gasteiger partial charge >= 0.3 is 0 Å². The molecule has 0 saturated carbocycles. The van der Waals surface area contributed by atoms with E-state index in [0.717, 1.165) is 0 Å². The van der Waals surface area contributed by atoms with Crippen LogP contribution in [0, 0.1) is 18.6 Å². The molecule has 4 N–H and O–H groups in total. The Hall–Kier alpha value is -3.03. The Morgan fingerprint density at radius 1 is 1.26 bits per heavy atom. The largest absolute Gasteiger partial charge is 0.380 e. The van der Waals surface area contributed by atoms with Gasteiger partial charge in [-0.25, -0.2) is 18.4 Å². The number of benzene rings is 1. The number of hydrogen-bond acceptors (Lipinski definition) is 4. The number of nitrogens with zero attached hydrogens (tertiary/aromatic N) is 4. The van der Waals surface area contributed by atoms with Gasteiger partial charge in [-0.15, -0.1) is 0 Å². The van der Waals surface area contributed by atoms with Gasteiger partial charge in [-0.2, -0.15) is 10.2 Å². The minimum Gasteiger partial charge on any atom is -0.380 e. The Balaban J connectivity index is 2.21. The first-order valence-electron chi connectivity index (χ1n) is 6.82. The summed E-state index contributed by atoms with van der Waals surface area (Å²) >= 11 is 0.